The maximum absolute atomic E-state index is 12.8. The van der Waals surface area contributed by atoms with Gasteiger partial charge in [-0.1, -0.05) is 0 Å². The van der Waals surface area contributed by atoms with Gasteiger partial charge < -0.3 is 19.8 Å². The van der Waals surface area contributed by atoms with Gasteiger partial charge in [-0.15, -0.1) is 11.8 Å². The summed E-state index contributed by atoms with van der Waals surface area (Å²) in [5.41, 5.74) is 2.18. The molecule has 0 saturated carbocycles. The fourth-order valence-corrected chi connectivity index (χ4v) is 4.16. The first-order valence-electron chi connectivity index (χ1n) is 9.28. The fourth-order valence-electron chi connectivity index (χ4n) is 3.23. The third-order valence-corrected chi connectivity index (χ3v) is 6.05. The van der Waals surface area contributed by atoms with Gasteiger partial charge in [-0.25, -0.2) is 9.59 Å². The lowest BCUT2D eigenvalue weighted by atomic mass is 10.1. The fraction of sp³-hybridized carbons (Fsp3) is 0.333. The highest BCUT2D eigenvalue weighted by Crippen LogP contribution is 2.36. The standard InChI is InChI=1S/C21H22N2O6S/c1-9-16(21(27)28-5)10(2)22-17(9)18(24)11(3)29-20(26)13-6-7-15-14(8-13)23-19(25)12(4)30-15/h6-8,11-12,22H,1-5H3,(H,23,25)/t11-,12+/m0/s1. The van der Waals surface area contributed by atoms with Crippen LogP contribution in [0.2, 0.25) is 0 Å². The van der Waals surface area contributed by atoms with Gasteiger partial charge >= 0.3 is 11.9 Å². The highest BCUT2D eigenvalue weighted by atomic mass is 32.2. The summed E-state index contributed by atoms with van der Waals surface area (Å²) in [6.07, 6.45) is -1.08. The van der Waals surface area contributed by atoms with Gasteiger partial charge in [0.2, 0.25) is 11.7 Å². The van der Waals surface area contributed by atoms with Crippen LogP contribution in [0, 0.1) is 13.8 Å². The van der Waals surface area contributed by atoms with Crippen molar-refractivity contribution in [3.63, 3.8) is 0 Å². The highest BCUT2D eigenvalue weighted by Gasteiger charge is 2.28. The zero-order chi connectivity index (χ0) is 22.2. The Morgan fingerprint density at radius 2 is 1.87 bits per heavy atom. The summed E-state index contributed by atoms with van der Waals surface area (Å²) >= 11 is 1.41. The summed E-state index contributed by atoms with van der Waals surface area (Å²) in [6, 6.07) is 4.86. The number of hydrogen-bond acceptors (Lipinski definition) is 7. The number of Topliss-reactive ketones (excluding diaryl/α,β-unsaturated/α-hetero) is 1. The molecule has 2 atom stereocenters. The number of esters is 2. The van der Waals surface area contributed by atoms with Crippen LogP contribution in [0.3, 0.4) is 0 Å². The van der Waals surface area contributed by atoms with Gasteiger partial charge in [-0.2, -0.15) is 0 Å². The summed E-state index contributed by atoms with van der Waals surface area (Å²) in [4.78, 5) is 52.9. The largest absolute Gasteiger partial charge is 0.465 e. The van der Waals surface area contributed by atoms with E-state index in [-0.39, 0.29) is 28.0 Å². The van der Waals surface area contributed by atoms with E-state index in [0.29, 0.717) is 16.9 Å². The minimum absolute atomic E-state index is 0.138. The average molecular weight is 430 g/mol. The smallest absolute Gasteiger partial charge is 0.339 e. The molecule has 158 valence electrons. The Bertz CT molecular complexity index is 1060. The Labute approximate surface area is 177 Å². The highest BCUT2D eigenvalue weighted by molar-refractivity contribution is 8.00. The van der Waals surface area contributed by atoms with E-state index in [4.69, 9.17) is 9.47 Å². The molecule has 3 rings (SSSR count). The van der Waals surface area contributed by atoms with Crippen LogP contribution in [0.15, 0.2) is 23.1 Å². The first-order chi connectivity index (χ1) is 14.1. The minimum Gasteiger partial charge on any atom is -0.465 e. The number of rotatable bonds is 5. The van der Waals surface area contributed by atoms with Crippen LogP contribution >= 0.6 is 11.8 Å². The monoisotopic (exact) mass is 430 g/mol. The predicted octanol–water partition coefficient (Wildman–Crippen LogP) is 3.28. The molecule has 1 aromatic carbocycles. The molecule has 0 aliphatic carbocycles. The van der Waals surface area contributed by atoms with Crippen LogP contribution < -0.4 is 5.32 Å². The number of anilines is 1. The summed E-state index contributed by atoms with van der Waals surface area (Å²) < 4.78 is 10.1. The SMILES string of the molecule is COC(=O)c1c(C)[nH]c(C(=O)[C@H](C)OC(=O)c2ccc3c(c2)NC(=O)[C@@H](C)S3)c1C. The van der Waals surface area contributed by atoms with Crippen molar-refractivity contribution in [3.8, 4) is 0 Å². The Morgan fingerprint density at radius 1 is 1.17 bits per heavy atom. The number of ketones is 1. The number of thioether (sulfide) groups is 1. The number of methoxy groups -OCH3 is 1. The van der Waals surface area contributed by atoms with Crippen molar-refractivity contribution in [2.75, 3.05) is 12.4 Å². The first-order valence-corrected chi connectivity index (χ1v) is 10.2. The number of carbonyl (C=O) groups is 4. The number of nitrogens with one attached hydrogen (secondary N) is 2. The number of carbonyl (C=O) groups excluding carboxylic acids is 4. The Hall–Kier alpha value is -3.07. The van der Waals surface area contributed by atoms with Crippen molar-refractivity contribution in [1.82, 2.24) is 4.98 Å². The van der Waals surface area contributed by atoms with Crippen molar-refractivity contribution >= 4 is 41.1 Å². The zero-order valence-electron chi connectivity index (χ0n) is 17.2. The van der Waals surface area contributed by atoms with Crippen LogP contribution in [0.1, 0.15) is 56.3 Å². The molecule has 2 N–H and O–H groups in total. The van der Waals surface area contributed by atoms with Gasteiger partial charge in [0.25, 0.3) is 0 Å². The second kappa shape index (κ2) is 8.35. The third-order valence-electron chi connectivity index (χ3n) is 4.87. The molecular weight excluding hydrogens is 408 g/mol. The lowest BCUT2D eigenvalue weighted by molar-refractivity contribution is -0.115. The van der Waals surface area contributed by atoms with Crippen LogP contribution in [-0.2, 0) is 14.3 Å². The number of benzene rings is 1. The maximum Gasteiger partial charge on any atom is 0.339 e. The van der Waals surface area contributed by atoms with Gasteiger partial charge in [0, 0.05) is 10.6 Å². The number of aromatic amines is 1. The number of H-pyrrole nitrogens is 1. The van der Waals surface area contributed by atoms with Gasteiger partial charge in [-0.3, -0.25) is 9.59 Å². The lowest BCUT2D eigenvalue weighted by Crippen LogP contribution is -2.27. The van der Waals surface area contributed by atoms with Gasteiger partial charge in [-0.05, 0) is 51.5 Å². The summed E-state index contributed by atoms with van der Waals surface area (Å²) in [5.74, 6) is -1.84. The van der Waals surface area contributed by atoms with Crippen molar-refractivity contribution in [2.45, 2.75) is 43.9 Å². The number of ether oxygens (including phenoxy) is 2. The average Bonchev–Trinajstić information content (AvgIpc) is 3.01. The van der Waals surface area contributed by atoms with Crippen molar-refractivity contribution < 1.29 is 28.7 Å². The minimum atomic E-state index is -1.08. The molecule has 1 amide bonds. The Morgan fingerprint density at radius 3 is 2.53 bits per heavy atom. The van der Waals surface area contributed by atoms with Crippen molar-refractivity contribution in [1.29, 1.82) is 0 Å². The molecular formula is C21H22N2O6S. The van der Waals surface area contributed by atoms with E-state index in [1.54, 1.807) is 32.9 Å². The van der Waals surface area contributed by atoms with Gasteiger partial charge in [0.1, 0.15) is 0 Å². The zero-order valence-corrected chi connectivity index (χ0v) is 18.1. The number of fused-ring (bicyclic) bond motifs is 1. The van der Waals surface area contributed by atoms with Crippen LogP contribution in [0.25, 0.3) is 0 Å². The second-order valence-electron chi connectivity index (χ2n) is 6.99. The van der Waals surface area contributed by atoms with Crippen LogP contribution in [0.5, 0.6) is 0 Å². The Kier molecular flexibility index (Phi) is 6.02. The lowest BCUT2D eigenvalue weighted by Gasteiger charge is -2.21. The molecule has 9 heteroatoms. The van der Waals surface area contributed by atoms with Crippen LogP contribution in [-0.4, -0.2) is 47.1 Å². The quantitative estimate of drug-likeness (QED) is 0.553. The number of aryl methyl sites for hydroxylation is 1. The summed E-state index contributed by atoms with van der Waals surface area (Å²) in [5, 5.41) is 2.54. The number of aromatic nitrogens is 1. The number of hydrogen-bond donors (Lipinski definition) is 2. The van der Waals surface area contributed by atoms with Crippen molar-refractivity contribution in [3.05, 3.63) is 46.3 Å². The maximum atomic E-state index is 12.8. The van der Waals surface area contributed by atoms with Crippen molar-refractivity contribution in [2.24, 2.45) is 0 Å². The molecule has 0 unspecified atom stereocenters. The molecule has 2 heterocycles. The van der Waals surface area contributed by atoms with Gasteiger partial charge in [0.05, 0.1) is 34.9 Å². The van der Waals surface area contributed by atoms with E-state index >= 15 is 0 Å². The topological polar surface area (TPSA) is 115 Å². The third kappa shape index (κ3) is 3.97. The molecule has 8 nitrogen and oxygen atoms in total. The molecule has 2 aromatic rings. The van der Waals surface area contributed by atoms with Gasteiger partial charge in [0.15, 0.2) is 6.10 Å². The van der Waals surface area contributed by atoms with Crippen LogP contribution in [0.4, 0.5) is 5.69 Å². The molecule has 0 fully saturated rings. The summed E-state index contributed by atoms with van der Waals surface area (Å²) in [7, 11) is 1.26. The molecule has 0 saturated heterocycles. The Balaban J connectivity index is 1.77. The van der Waals surface area contributed by atoms with E-state index in [1.807, 2.05) is 0 Å². The van der Waals surface area contributed by atoms with E-state index in [2.05, 4.69) is 10.3 Å². The van der Waals surface area contributed by atoms with E-state index < -0.39 is 23.8 Å². The number of amides is 1. The second-order valence-corrected chi connectivity index (χ2v) is 8.37. The molecule has 1 aromatic heterocycles. The first kappa shape index (κ1) is 21.6. The normalized spacial score (nSPS) is 16.3. The van der Waals surface area contributed by atoms with E-state index in [1.165, 1.54) is 31.9 Å². The molecule has 1 aliphatic heterocycles. The molecule has 1 aliphatic rings. The molecule has 0 spiro atoms. The predicted molar refractivity (Wildman–Crippen MR) is 111 cm³/mol. The van der Waals surface area contributed by atoms with E-state index in [9.17, 15) is 19.2 Å². The molecule has 30 heavy (non-hydrogen) atoms. The molecule has 0 bridgehead atoms. The summed E-state index contributed by atoms with van der Waals surface area (Å²) in [6.45, 7) is 6.55. The van der Waals surface area contributed by atoms with E-state index in [0.717, 1.165) is 4.90 Å². The molecule has 0 radical (unpaired) electrons.